The molecule has 0 aliphatic carbocycles. The molecule has 0 aromatic heterocycles. The lowest BCUT2D eigenvalue weighted by molar-refractivity contribution is 0.108. The van der Waals surface area contributed by atoms with Crippen LogP contribution in [0.15, 0.2) is 54.6 Å². The van der Waals surface area contributed by atoms with Crippen LogP contribution in [0.25, 0.3) is 0 Å². The van der Waals surface area contributed by atoms with Gasteiger partial charge in [0.1, 0.15) is 13.2 Å². The molecule has 2 aromatic carbocycles. The molecule has 0 fully saturated rings. The van der Waals surface area contributed by atoms with Gasteiger partial charge in [-0.1, -0.05) is 42.5 Å². The van der Waals surface area contributed by atoms with Gasteiger partial charge in [0, 0.05) is 6.61 Å². The standard InChI is InChI=1S/C17H20O3/c1-2-18-12-13-19-16-10-6-7-11-17(16)20-14-15-8-4-3-5-9-15/h3-11H,2,12-14H2,1H3. The first-order valence-corrected chi connectivity index (χ1v) is 6.86. The zero-order chi connectivity index (χ0) is 14.0. The predicted octanol–water partition coefficient (Wildman–Crippen LogP) is 3.68. The highest BCUT2D eigenvalue weighted by Crippen LogP contribution is 2.27. The average Bonchev–Trinajstić information content (AvgIpc) is 2.51. The smallest absolute Gasteiger partial charge is 0.161 e. The van der Waals surface area contributed by atoms with E-state index in [-0.39, 0.29) is 0 Å². The van der Waals surface area contributed by atoms with E-state index >= 15 is 0 Å². The zero-order valence-corrected chi connectivity index (χ0v) is 11.7. The summed E-state index contributed by atoms with van der Waals surface area (Å²) in [6, 6.07) is 17.8. The summed E-state index contributed by atoms with van der Waals surface area (Å²) in [6.07, 6.45) is 0. The molecule has 0 aliphatic rings. The molecule has 2 aromatic rings. The molecule has 0 atom stereocenters. The van der Waals surface area contributed by atoms with Crippen molar-refractivity contribution in [3.8, 4) is 11.5 Å². The average molecular weight is 272 g/mol. The number of benzene rings is 2. The van der Waals surface area contributed by atoms with E-state index in [1.807, 2.05) is 61.5 Å². The molecule has 3 nitrogen and oxygen atoms in total. The van der Waals surface area contributed by atoms with Crippen LogP contribution in [0, 0.1) is 0 Å². The molecular weight excluding hydrogens is 252 g/mol. The Morgan fingerprint density at radius 1 is 0.750 bits per heavy atom. The van der Waals surface area contributed by atoms with Gasteiger partial charge >= 0.3 is 0 Å². The van der Waals surface area contributed by atoms with Crippen LogP contribution < -0.4 is 9.47 Å². The highest BCUT2D eigenvalue weighted by Gasteiger charge is 2.04. The monoisotopic (exact) mass is 272 g/mol. The minimum absolute atomic E-state index is 0.527. The Morgan fingerprint density at radius 2 is 1.40 bits per heavy atom. The van der Waals surface area contributed by atoms with E-state index in [1.165, 1.54) is 0 Å². The Labute approximate surface area is 120 Å². The van der Waals surface area contributed by atoms with Crippen molar-refractivity contribution in [1.82, 2.24) is 0 Å². The Bertz CT molecular complexity index is 497. The second-order valence-electron chi connectivity index (χ2n) is 4.27. The molecule has 0 radical (unpaired) electrons. The van der Waals surface area contributed by atoms with E-state index in [1.54, 1.807) is 0 Å². The fraction of sp³-hybridized carbons (Fsp3) is 0.294. The molecular formula is C17H20O3. The summed E-state index contributed by atoms with van der Waals surface area (Å²) in [5, 5.41) is 0. The van der Waals surface area contributed by atoms with Gasteiger partial charge < -0.3 is 14.2 Å². The molecule has 0 bridgehead atoms. The molecule has 3 heteroatoms. The summed E-state index contributed by atoms with van der Waals surface area (Å²) in [6.45, 7) is 4.32. The first-order chi connectivity index (χ1) is 9.90. The molecule has 0 aliphatic heterocycles. The van der Waals surface area contributed by atoms with Crippen molar-refractivity contribution in [2.45, 2.75) is 13.5 Å². The molecule has 0 amide bonds. The van der Waals surface area contributed by atoms with Gasteiger partial charge in [0.15, 0.2) is 11.5 Å². The predicted molar refractivity (Wildman–Crippen MR) is 79.2 cm³/mol. The molecule has 0 heterocycles. The molecule has 0 N–H and O–H groups in total. The van der Waals surface area contributed by atoms with Crippen molar-refractivity contribution in [3.63, 3.8) is 0 Å². The van der Waals surface area contributed by atoms with Gasteiger partial charge in [-0.05, 0) is 24.6 Å². The van der Waals surface area contributed by atoms with Crippen molar-refractivity contribution in [3.05, 3.63) is 60.2 Å². The maximum atomic E-state index is 5.81. The van der Waals surface area contributed by atoms with Crippen molar-refractivity contribution < 1.29 is 14.2 Å². The summed E-state index contributed by atoms with van der Waals surface area (Å²) < 4.78 is 16.8. The van der Waals surface area contributed by atoms with Crippen LogP contribution in [0.3, 0.4) is 0 Å². The van der Waals surface area contributed by atoms with Gasteiger partial charge in [-0.25, -0.2) is 0 Å². The van der Waals surface area contributed by atoms with Crippen LogP contribution in [-0.4, -0.2) is 19.8 Å². The zero-order valence-electron chi connectivity index (χ0n) is 11.7. The third kappa shape index (κ3) is 4.59. The van der Waals surface area contributed by atoms with Crippen LogP contribution in [0.4, 0.5) is 0 Å². The van der Waals surface area contributed by atoms with Crippen LogP contribution in [-0.2, 0) is 11.3 Å². The highest BCUT2D eigenvalue weighted by atomic mass is 16.5. The molecule has 0 unspecified atom stereocenters. The van der Waals surface area contributed by atoms with E-state index in [9.17, 15) is 0 Å². The number of rotatable bonds is 8. The van der Waals surface area contributed by atoms with Gasteiger partial charge in [-0.3, -0.25) is 0 Å². The first-order valence-electron chi connectivity index (χ1n) is 6.86. The summed E-state index contributed by atoms with van der Waals surface area (Å²) >= 11 is 0. The fourth-order valence-electron chi connectivity index (χ4n) is 1.78. The van der Waals surface area contributed by atoms with Crippen molar-refractivity contribution in [2.75, 3.05) is 19.8 Å². The highest BCUT2D eigenvalue weighted by molar-refractivity contribution is 5.39. The van der Waals surface area contributed by atoms with E-state index in [0.717, 1.165) is 17.1 Å². The van der Waals surface area contributed by atoms with Crippen molar-refractivity contribution >= 4 is 0 Å². The lowest BCUT2D eigenvalue weighted by atomic mass is 10.2. The minimum atomic E-state index is 0.527. The summed E-state index contributed by atoms with van der Waals surface area (Å²) in [7, 11) is 0. The van der Waals surface area contributed by atoms with Gasteiger partial charge in [0.05, 0.1) is 6.61 Å². The quantitative estimate of drug-likeness (QED) is 0.686. The number of hydrogen-bond donors (Lipinski definition) is 0. The van der Waals surface area contributed by atoms with Crippen LogP contribution >= 0.6 is 0 Å². The summed E-state index contributed by atoms with van der Waals surface area (Å²) in [5.74, 6) is 1.51. The molecule has 0 saturated carbocycles. The van der Waals surface area contributed by atoms with Crippen LogP contribution in [0.1, 0.15) is 12.5 Å². The van der Waals surface area contributed by atoms with Crippen molar-refractivity contribution in [2.24, 2.45) is 0 Å². The maximum Gasteiger partial charge on any atom is 0.161 e. The van der Waals surface area contributed by atoms with Crippen LogP contribution in [0.2, 0.25) is 0 Å². The Kier molecular flexibility index (Phi) is 5.93. The molecule has 0 saturated heterocycles. The SMILES string of the molecule is CCOCCOc1ccccc1OCc1ccccc1. The van der Waals surface area contributed by atoms with Gasteiger partial charge in [0.2, 0.25) is 0 Å². The van der Waals surface area contributed by atoms with Crippen molar-refractivity contribution in [1.29, 1.82) is 0 Å². The molecule has 106 valence electrons. The Hall–Kier alpha value is -2.00. The van der Waals surface area contributed by atoms with Crippen LogP contribution in [0.5, 0.6) is 11.5 Å². The lowest BCUT2D eigenvalue weighted by Gasteiger charge is -2.12. The van der Waals surface area contributed by atoms with E-state index in [4.69, 9.17) is 14.2 Å². The Morgan fingerprint density at radius 3 is 2.10 bits per heavy atom. The van der Waals surface area contributed by atoms with Gasteiger partial charge in [0.25, 0.3) is 0 Å². The lowest BCUT2D eigenvalue weighted by Crippen LogP contribution is -2.07. The third-order valence-electron chi connectivity index (χ3n) is 2.78. The van der Waals surface area contributed by atoms with Gasteiger partial charge in [-0.15, -0.1) is 0 Å². The first kappa shape index (κ1) is 14.4. The number of ether oxygens (including phenoxy) is 3. The fourth-order valence-corrected chi connectivity index (χ4v) is 1.78. The largest absolute Gasteiger partial charge is 0.487 e. The maximum absolute atomic E-state index is 5.81. The number of hydrogen-bond acceptors (Lipinski definition) is 3. The molecule has 2 rings (SSSR count). The third-order valence-corrected chi connectivity index (χ3v) is 2.78. The van der Waals surface area contributed by atoms with E-state index in [0.29, 0.717) is 26.4 Å². The van der Waals surface area contributed by atoms with Gasteiger partial charge in [-0.2, -0.15) is 0 Å². The molecule has 0 spiro atoms. The summed E-state index contributed by atoms with van der Waals surface area (Å²) in [4.78, 5) is 0. The number of para-hydroxylation sites is 2. The molecule has 20 heavy (non-hydrogen) atoms. The second-order valence-corrected chi connectivity index (χ2v) is 4.27. The Balaban J connectivity index is 1.90. The van der Waals surface area contributed by atoms with E-state index < -0.39 is 0 Å². The normalized spacial score (nSPS) is 10.2. The summed E-state index contributed by atoms with van der Waals surface area (Å²) in [5.41, 5.74) is 1.14. The minimum Gasteiger partial charge on any atom is -0.487 e. The van der Waals surface area contributed by atoms with E-state index in [2.05, 4.69) is 0 Å². The second kappa shape index (κ2) is 8.23. The topological polar surface area (TPSA) is 27.7 Å².